The lowest BCUT2D eigenvalue weighted by Gasteiger charge is -2.25. The Bertz CT molecular complexity index is 1280. The number of hydrogen-bond donors (Lipinski definition) is 13. The number of carboxylic acids is 5. The second-order valence-corrected chi connectivity index (χ2v) is 11.2. The standard InChI is InChI=1S/C28H46N8O15/c29-7-3-1-5-13(31)23(45)33-15(9-19(37)38)25(47)35-17(11-21(41)42)27(49)36-18(12-22(43)44)26(48)34-16(10-20(39)40)24(46)32-14(28(50)51)6-2-4-8-30/h13-18H,1-12,29-31H2,(H,32,46)(H,33,45)(H,34,48)(H,35,47)(H,36,49)(H,37,38)(H,39,40)(H,41,42)(H,43,44)(H,50,51). The van der Waals surface area contributed by atoms with Crippen molar-refractivity contribution in [1.29, 1.82) is 0 Å². The maximum Gasteiger partial charge on any atom is 0.326 e. The number of aliphatic carboxylic acids is 5. The fourth-order valence-electron chi connectivity index (χ4n) is 4.29. The van der Waals surface area contributed by atoms with Gasteiger partial charge in [0.1, 0.15) is 30.2 Å². The quantitative estimate of drug-likeness (QED) is 0.0351. The number of carboxylic acid groups (broad SMARTS) is 5. The molecule has 6 unspecified atom stereocenters. The van der Waals surface area contributed by atoms with Crippen LogP contribution in [0.5, 0.6) is 0 Å². The number of amides is 5. The Kier molecular flexibility index (Phi) is 21.3. The molecule has 0 saturated carbocycles. The van der Waals surface area contributed by atoms with Gasteiger partial charge in [-0.2, -0.15) is 0 Å². The smallest absolute Gasteiger partial charge is 0.326 e. The van der Waals surface area contributed by atoms with Gasteiger partial charge in [0.15, 0.2) is 0 Å². The molecule has 0 aliphatic carbocycles. The van der Waals surface area contributed by atoms with Gasteiger partial charge in [-0.05, 0) is 45.2 Å². The molecule has 0 aliphatic heterocycles. The third-order valence-electron chi connectivity index (χ3n) is 6.91. The van der Waals surface area contributed by atoms with Crippen LogP contribution in [0.2, 0.25) is 0 Å². The van der Waals surface area contributed by atoms with Gasteiger partial charge in [-0.3, -0.25) is 43.2 Å². The molecule has 51 heavy (non-hydrogen) atoms. The summed E-state index contributed by atoms with van der Waals surface area (Å²) in [5.74, 6) is -14.7. The molecular weight excluding hydrogens is 688 g/mol. The molecule has 288 valence electrons. The number of unbranched alkanes of at least 4 members (excludes halogenated alkanes) is 2. The maximum atomic E-state index is 13.1. The molecule has 0 heterocycles. The molecule has 16 N–H and O–H groups in total. The van der Waals surface area contributed by atoms with Gasteiger partial charge in [0.2, 0.25) is 29.5 Å². The third kappa shape index (κ3) is 19.4. The molecule has 0 radical (unpaired) electrons. The Morgan fingerprint density at radius 2 is 0.686 bits per heavy atom. The average molecular weight is 735 g/mol. The lowest BCUT2D eigenvalue weighted by atomic mass is 10.1. The van der Waals surface area contributed by atoms with Gasteiger partial charge in [0.05, 0.1) is 31.7 Å². The maximum absolute atomic E-state index is 13.1. The predicted molar refractivity (Wildman–Crippen MR) is 170 cm³/mol. The fourth-order valence-corrected chi connectivity index (χ4v) is 4.29. The summed E-state index contributed by atoms with van der Waals surface area (Å²) in [4.78, 5) is 122. The van der Waals surface area contributed by atoms with Crippen molar-refractivity contribution in [3.8, 4) is 0 Å². The van der Waals surface area contributed by atoms with Crippen LogP contribution in [0.4, 0.5) is 0 Å². The van der Waals surface area contributed by atoms with Gasteiger partial charge >= 0.3 is 29.8 Å². The molecule has 0 aliphatic rings. The fraction of sp³-hybridized carbons (Fsp3) is 0.643. The van der Waals surface area contributed by atoms with E-state index in [-0.39, 0.29) is 25.8 Å². The molecule has 0 aromatic carbocycles. The van der Waals surface area contributed by atoms with E-state index in [1.165, 1.54) is 0 Å². The number of carbonyl (C=O) groups is 10. The van der Waals surface area contributed by atoms with Gasteiger partial charge in [0, 0.05) is 0 Å². The molecule has 0 fully saturated rings. The first kappa shape index (κ1) is 45.6. The second-order valence-electron chi connectivity index (χ2n) is 11.2. The first-order valence-electron chi connectivity index (χ1n) is 15.6. The first-order valence-corrected chi connectivity index (χ1v) is 15.6. The zero-order valence-electron chi connectivity index (χ0n) is 27.5. The minimum atomic E-state index is -2.13. The number of hydrogen-bond acceptors (Lipinski definition) is 13. The molecule has 23 heteroatoms. The summed E-state index contributed by atoms with van der Waals surface area (Å²) in [7, 11) is 0. The van der Waals surface area contributed by atoms with Crippen LogP contribution in [-0.2, 0) is 47.9 Å². The highest BCUT2D eigenvalue weighted by molar-refractivity contribution is 5.99. The van der Waals surface area contributed by atoms with E-state index in [4.69, 9.17) is 17.2 Å². The number of nitrogens with two attached hydrogens (primary N) is 3. The van der Waals surface area contributed by atoms with Crippen LogP contribution in [0.15, 0.2) is 0 Å². The van der Waals surface area contributed by atoms with Crippen LogP contribution in [-0.4, -0.2) is 134 Å². The van der Waals surface area contributed by atoms with Crippen LogP contribution in [0, 0.1) is 0 Å². The van der Waals surface area contributed by atoms with Crippen LogP contribution < -0.4 is 43.8 Å². The predicted octanol–water partition coefficient (Wildman–Crippen LogP) is -5.02. The summed E-state index contributed by atoms with van der Waals surface area (Å²) in [6, 6.07) is -10.8. The summed E-state index contributed by atoms with van der Waals surface area (Å²) < 4.78 is 0. The molecular formula is C28H46N8O15. The lowest BCUT2D eigenvalue weighted by Crippen LogP contribution is -2.60. The number of rotatable bonds is 27. The van der Waals surface area contributed by atoms with Crippen molar-refractivity contribution < 1.29 is 73.5 Å². The van der Waals surface area contributed by atoms with Crippen molar-refractivity contribution in [2.24, 2.45) is 17.2 Å². The average Bonchev–Trinajstić information content (AvgIpc) is 3.01. The van der Waals surface area contributed by atoms with E-state index in [1.807, 2.05) is 16.0 Å². The van der Waals surface area contributed by atoms with Crippen molar-refractivity contribution in [3.05, 3.63) is 0 Å². The number of nitrogens with one attached hydrogen (secondary N) is 5. The largest absolute Gasteiger partial charge is 0.481 e. The molecule has 0 aromatic heterocycles. The highest BCUT2D eigenvalue weighted by atomic mass is 16.4. The zero-order valence-corrected chi connectivity index (χ0v) is 27.5. The van der Waals surface area contributed by atoms with E-state index in [0.717, 1.165) is 0 Å². The van der Waals surface area contributed by atoms with Crippen LogP contribution in [0.25, 0.3) is 0 Å². The number of carbonyl (C=O) groups excluding carboxylic acids is 5. The molecule has 0 rings (SSSR count). The van der Waals surface area contributed by atoms with Crippen molar-refractivity contribution in [2.45, 2.75) is 100 Å². The Morgan fingerprint density at radius 3 is 0.961 bits per heavy atom. The monoisotopic (exact) mass is 734 g/mol. The SMILES string of the molecule is NCCCCC(N)C(=O)NC(CC(=O)O)C(=O)NC(CC(=O)O)C(=O)NC(CC(=O)O)C(=O)NC(CC(=O)O)C(=O)NC(CCCCN)C(=O)O. The molecule has 0 bridgehead atoms. The second kappa shape index (κ2) is 23.9. The van der Waals surface area contributed by atoms with E-state index in [0.29, 0.717) is 25.8 Å². The Labute approximate surface area is 290 Å². The highest BCUT2D eigenvalue weighted by Crippen LogP contribution is 2.06. The third-order valence-corrected chi connectivity index (χ3v) is 6.91. The van der Waals surface area contributed by atoms with Crippen molar-refractivity contribution in [1.82, 2.24) is 26.6 Å². The topological polar surface area (TPSA) is 410 Å². The Morgan fingerprint density at radius 1 is 0.412 bits per heavy atom. The summed E-state index contributed by atoms with van der Waals surface area (Å²) in [5.41, 5.74) is 16.5. The van der Waals surface area contributed by atoms with Gasteiger partial charge in [-0.15, -0.1) is 0 Å². The van der Waals surface area contributed by atoms with Gasteiger partial charge < -0.3 is 69.3 Å². The normalized spacial score (nSPS) is 14.3. The molecule has 0 aromatic rings. The summed E-state index contributed by atoms with van der Waals surface area (Å²) in [6.45, 7) is 0.525. The Balaban J connectivity index is 6.11. The summed E-state index contributed by atoms with van der Waals surface area (Å²) >= 11 is 0. The lowest BCUT2D eigenvalue weighted by molar-refractivity contribution is -0.145. The molecule has 6 atom stereocenters. The van der Waals surface area contributed by atoms with Crippen LogP contribution in [0.3, 0.4) is 0 Å². The van der Waals surface area contributed by atoms with Crippen molar-refractivity contribution in [2.75, 3.05) is 13.1 Å². The molecule has 5 amide bonds. The van der Waals surface area contributed by atoms with E-state index < -0.39 is 121 Å². The van der Waals surface area contributed by atoms with E-state index in [9.17, 15) is 73.5 Å². The highest BCUT2D eigenvalue weighted by Gasteiger charge is 2.35. The molecule has 0 spiro atoms. The van der Waals surface area contributed by atoms with Crippen LogP contribution in [0.1, 0.15) is 64.2 Å². The van der Waals surface area contributed by atoms with Gasteiger partial charge in [-0.25, -0.2) is 4.79 Å². The van der Waals surface area contributed by atoms with E-state index in [1.54, 1.807) is 0 Å². The van der Waals surface area contributed by atoms with Crippen molar-refractivity contribution in [3.63, 3.8) is 0 Å². The minimum Gasteiger partial charge on any atom is -0.481 e. The first-order chi connectivity index (χ1) is 23.8. The van der Waals surface area contributed by atoms with Gasteiger partial charge in [-0.1, -0.05) is 6.42 Å². The summed E-state index contributed by atoms with van der Waals surface area (Å²) in [5, 5.41) is 56.5. The van der Waals surface area contributed by atoms with E-state index >= 15 is 0 Å². The van der Waals surface area contributed by atoms with Gasteiger partial charge in [0.25, 0.3) is 0 Å². The van der Waals surface area contributed by atoms with Crippen LogP contribution >= 0.6 is 0 Å². The Hall–Kier alpha value is -5.42. The minimum absolute atomic E-state index is 0.112. The molecule has 23 nitrogen and oxygen atoms in total. The zero-order chi connectivity index (χ0) is 39.3. The van der Waals surface area contributed by atoms with Crippen molar-refractivity contribution >= 4 is 59.4 Å². The molecule has 0 saturated heterocycles. The van der Waals surface area contributed by atoms with E-state index in [2.05, 4.69) is 10.6 Å². The summed E-state index contributed by atoms with van der Waals surface area (Å²) in [6.07, 6.45) is -2.98.